The van der Waals surface area contributed by atoms with Crippen LogP contribution < -0.4 is 10.6 Å². The van der Waals surface area contributed by atoms with Crippen molar-refractivity contribution in [2.45, 2.75) is 33.4 Å². The molecule has 5 heteroatoms. The van der Waals surface area contributed by atoms with E-state index in [2.05, 4.69) is 20.6 Å². The number of rotatable bonds is 5. The Hall–Kier alpha value is -1.49. The SMILES string of the molecule is Cc1cnc(CNCC(=O)NC(C)C)cn1. The Labute approximate surface area is 95.7 Å². The van der Waals surface area contributed by atoms with E-state index in [4.69, 9.17) is 0 Å². The number of amides is 1. The largest absolute Gasteiger partial charge is 0.353 e. The molecule has 0 aliphatic rings. The maximum atomic E-state index is 11.3. The quantitative estimate of drug-likeness (QED) is 0.756. The Morgan fingerprint density at radius 2 is 2.12 bits per heavy atom. The fraction of sp³-hybridized carbons (Fsp3) is 0.545. The number of nitrogens with one attached hydrogen (secondary N) is 2. The van der Waals surface area contributed by atoms with E-state index in [0.29, 0.717) is 13.1 Å². The van der Waals surface area contributed by atoms with Crippen LogP contribution in [-0.2, 0) is 11.3 Å². The Morgan fingerprint density at radius 1 is 1.38 bits per heavy atom. The van der Waals surface area contributed by atoms with E-state index in [0.717, 1.165) is 11.4 Å². The maximum Gasteiger partial charge on any atom is 0.234 e. The number of carbonyl (C=O) groups is 1. The molecule has 1 heterocycles. The highest BCUT2D eigenvalue weighted by Crippen LogP contribution is 1.92. The molecule has 5 nitrogen and oxygen atoms in total. The molecule has 0 bridgehead atoms. The summed E-state index contributed by atoms with van der Waals surface area (Å²) < 4.78 is 0. The predicted octanol–water partition coefficient (Wildman–Crippen LogP) is 0.399. The van der Waals surface area contributed by atoms with Crippen LogP contribution in [0, 0.1) is 6.92 Å². The van der Waals surface area contributed by atoms with Crippen LogP contribution in [-0.4, -0.2) is 28.5 Å². The van der Waals surface area contributed by atoms with Crippen LogP contribution in [0.1, 0.15) is 25.2 Å². The van der Waals surface area contributed by atoms with Gasteiger partial charge in [0, 0.05) is 25.0 Å². The van der Waals surface area contributed by atoms with Crippen LogP contribution in [0.5, 0.6) is 0 Å². The molecular formula is C11H18N4O. The minimum atomic E-state index is -0.00456. The smallest absolute Gasteiger partial charge is 0.234 e. The molecule has 1 aromatic rings. The standard InChI is InChI=1S/C11H18N4O/c1-8(2)15-11(16)7-12-5-10-6-13-9(3)4-14-10/h4,6,8,12H,5,7H2,1-3H3,(H,15,16). The summed E-state index contributed by atoms with van der Waals surface area (Å²) in [5.41, 5.74) is 1.73. The maximum absolute atomic E-state index is 11.3. The normalized spacial score (nSPS) is 10.5. The van der Waals surface area contributed by atoms with Gasteiger partial charge in [-0.2, -0.15) is 0 Å². The molecule has 0 fully saturated rings. The first-order valence-corrected chi connectivity index (χ1v) is 5.35. The van der Waals surface area contributed by atoms with Gasteiger partial charge in [-0.05, 0) is 20.8 Å². The van der Waals surface area contributed by atoms with E-state index in [1.807, 2.05) is 20.8 Å². The Kier molecular flexibility index (Phi) is 4.85. The van der Waals surface area contributed by atoms with Crippen LogP contribution in [0.3, 0.4) is 0 Å². The lowest BCUT2D eigenvalue weighted by molar-refractivity contribution is -0.120. The summed E-state index contributed by atoms with van der Waals surface area (Å²) in [5.74, 6) is -0.00456. The van der Waals surface area contributed by atoms with Gasteiger partial charge in [-0.15, -0.1) is 0 Å². The topological polar surface area (TPSA) is 66.9 Å². The number of hydrogen-bond acceptors (Lipinski definition) is 4. The summed E-state index contributed by atoms with van der Waals surface area (Å²) >= 11 is 0. The van der Waals surface area contributed by atoms with Crippen molar-refractivity contribution in [3.05, 3.63) is 23.8 Å². The van der Waals surface area contributed by atoms with Gasteiger partial charge >= 0.3 is 0 Å². The number of aromatic nitrogens is 2. The third-order valence-electron chi connectivity index (χ3n) is 1.88. The van der Waals surface area contributed by atoms with E-state index < -0.39 is 0 Å². The first kappa shape index (κ1) is 12.6. The highest BCUT2D eigenvalue weighted by Gasteiger charge is 2.02. The van der Waals surface area contributed by atoms with Crippen LogP contribution in [0.25, 0.3) is 0 Å². The van der Waals surface area contributed by atoms with Crippen molar-refractivity contribution in [3.8, 4) is 0 Å². The summed E-state index contributed by atoms with van der Waals surface area (Å²) in [6.07, 6.45) is 3.42. The second kappa shape index (κ2) is 6.17. The minimum absolute atomic E-state index is 0.00456. The second-order valence-electron chi connectivity index (χ2n) is 3.97. The fourth-order valence-electron chi connectivity index (χ4n) is 1.19. The van der Waals surface area contributed by atoms with Gasteiger partial charge in [0.15, 0.2) is 0 Å². The molecule has 0 aromatic carbocycles. The van der Waals surface area contributed by atoms with Gasteiger partial charge in [0.05, 0.1) is 17.9 Å². The van der Waals surface area contributed by atoms with Crippen molar-refractivity contribution in [2.24, 2.45) is 0 Å². The van der Waals surface area contributed by atoms with Gasteiger partial charge in [-0.3, -0.25) is 14.8 Å². The van der Waals surface area contributed by atoms with Crippen molar-refractivity contribution in [1.82, 2.24) is 20.6 Å². The summed E-state index contributed by atoms with van der Waals surface area (Å²) in [6.45, 7) is 6.61. The fourth-order valence-corrected chi connectivity index (χ4v) is 1.19. The molecule has 0 saturated carbocycles. The van der Waals surface area contributed by atoms with Crippen molar-refractivity contribution >= 4 is 5.91 Å². The third-order valence-corrected chi connectivity index (χ3v) is 1.88. The molecule has 16 heavy (non-hydrogen) atoms. The molecule has 0 saturated heterocycles. The van der Waals surface area contributed by atoms with Crippen molar-refractivity contribution in [2.75, 3.05) is 6.54 Å². The van der Waals surface area contributed by atoms with Gasteiger partial charge in [-0.1, -0.05) is 0 Å². The highest BCUT2D eigenvalue weighted by atomic mass is 16.1. The van der Waals surface area contributed by atoms with E-state index in [1.54, 1.807) is 12.4 Å². The molecule has 0 aliphatic heterocycles. The van der Waals surface area contributed by atoms with Crippen molar-refractivity contribution in [3.63, 3.8) is 0 Å². The van der Waals surface area contributed by atoms with Crippen molar-refractivity contribution in [1.29, 1.82) is 0 Å². The zero-order chi connectivity index (χ0) is 12.0. The van der Waals surface area contributed by atoms with E-state index in [-0.39, 0.29) is 11.9 Å². The molecule has 0 spiro atoms. The van der Waals surface area contributed by atoms with Crippen molar-refractivity contribution < 1.29 is 4.79 Å². The number of carbonyl (C=O) groups excluding carboxylic acids is 1. The van der Waals surface area contributed by atoms with E-state index in [9.17, 15) is 4.79 Å². The van der Waals surface area contributed by atoms with Crippen LogP contribution in [0.4, 0.5) is 0 Å². The first-order chi connectivity index (χ1) is 7.58. The Morgan fingerprint density at radius 3 is 2.69 bits per heavy atom. The first-order valence-electron chi connectivity index (χ1n) is 5.35. The average molecular weight is 222 g/mol. The zero-order valence-corrected chi connectivity index (χ0v) is 9.95. The number of hydrogen-bond donors (Lipinski definition) is 2. The molecular weight excluding hydrogens is 204 g/mol. The monoisotopic (exact) mass is 222 g/mol. The molecule has 0 unspecified atom stereocenters. The summed E-state index contributed by atoms with van der Waals surface area (Å²) in [5, 5.41) is 5.81. The Bertz CT molecular complexity index is 334. The predicted molar refractivity (Wildman–Crippen MR) is 61.8 cm³/mol. The lowest BCUT2D eigenvalue weighted by Gasteiger charge is -2.08. The Balaban J connectivity index is 2.25. The van der Waals surface area contributed by atoms with Gasteiger partial charge in [0.2, 0.25) is 5.91 Å². The highest BCUT2D eigenvalue weighted by molar-refractivity contribution is 5.78. The number of aryl methyl sites for hydroxylation is 1. The van der Waals surface area contributed by atoms with Crippen LogP contribution in [0.15, 0.2) is 12.4 Å². The van der Waals surface area contributed by atoms with E-state index >= 15 is 0 Å². The molecule has 0 radical (unpaired) electrons. The minimum Gasteiger partial charge on any atom is -0.353 e. The molecule has 0 atom stereocenters. The van der Waals surface area contributed by atoms with E-state index in [1.165, 1.54) is 0 Å². The van der Waals surface area contributed by atoms with Gasteiger partial charge in [0.25, 0.3) is 0 Å². The zero-order valence-electron chi connectivity index (χ0n) is 9.95. The molecule has 88 valence electrons. The van der Waals surface area contributed by atoms with Gasteiger partial charge < -0.3 is 10.6 Å². The lowest BCUT2D eigenvalue weighted by Crippen LogP contribution is -2.37. The molecule has 1 aromatic heterocycles. The van der Waals surface area contributed by atoms with Gasteiger partial charge in [-0.25, -0.2) is 0 Å². The van der Waals surface area contributed by atoms with Gasteiger partial charge in [0.1, 0.15) is 0 Å². The summed E-state index contributed by atoms with van der Waals surface area (Å²) in [6, 6.07) is 0.175. The third kappa shape index (κ3) is 4.84. The summed E-state index contributed by atoms with van der Waals surface area (Å²) in [7, 11) is 0. The van der Waals surface area contributed by atoms with Crippen LogP contribution >= 0.6 is 0 Å². The lowest BCUT2D eigenvalue weighted by atomic mass is 10.4. The average Bonchev–Trinajstić information content (AvgIpc) is 2.20. The molecule has 2 N–H and O–H groups in total. The number of nitrogens with zero attached hydrogens (tertiary/aromatic N) is 2. The molecule has 1 rings (SSSR count). The second-order valence-corrected chi connectivity index (χ2v) is 3.97. The summed E-state index contributed by atoms with van der Waals surface area (Å²) in [4.78, 5) is 19.6. The van der Waals surface area contributed by atoms with Crippen LogP contribution in [0.2, 0.25) is 0 Å². The molecule has 0 aliphatic carbocycles. The molecule has 1 amide bonds.